The Morgan fingerprint density at radius 3 is 2.69 bits per heavy atom. The first-order valence-electron chi connectivity index (χ1n) is 5.41. The molecule has 0 spiro atoms. The molecule has 0 N–H and O–H groups in total. The topological polar surface area (TPSA) is 3.24 Å². The number of aryl methyl sites for hydroxylation is 1. The molecule has 0 radical (unpaired) electrons. The molecule has 0 amide bonds. The molecule has 0 fully saturated rings. The zero-order valence-corrected chi connectivity index (χ0v) is 9.09. The summed E-state index contributed by atoms with van der Waals surface area (Å²) in [5.41, 5.74) is 1.33. The van der Waals surface area contributed by atoms with E-state index < -0.39 is 12.2 Å². The van der Waals surface area contributed by atoms with Gasteiger partial charge in [0.15, 0.2) is 6.17 Å². The van der Waals surface area contributed by atoms with E-state index in [0.717, 1.165) is 23.8 Å². The lowest BCUT2D eigenvalue weighted by molar-refractivity contribution is -0.0673. The summed E-state index contributed by atoms with van der Waals surface area (Å²) in [5.74, 6) is 0. The molecule has 0 bridgehead atoms. The number of anilines is 1. The first-order chi connectivity index (χ1) is 7.53. The van der Waals surface area contributed by atoms with Gasteiger partial charge in [0.2, 0.25) is 0 Å². The number of benzene rings is 1. The summed E-state index contributed by atoms with van der Waals surface area (Å²) < 4.78 is 40.3. The Morgan fingerprint density at radius 2 is 2.00 bits per heavy atom. The summed E-state index contributed by atoms with van der Waals surface area (Å²) in [6.45, 7) is 1.11. The van der Waals surface area contributed by atoms with Crippen molar-refractivity contribution in [1.29, 1.82) is 0 Å². The smallest absolute Gasteiger partial charge is 0.311 e. The van der Waals surface area contributed by atoms with Crippen LogP contribution in [-0.2, 0) is 6.42 Å². The van der Waals surface area contributed by atoms with E-state index in [1.165, 1.54) is 0 Å². The molecule has 1 unspecified atom stereocenters. The second-order valence-corrected chi connectivity index (χ2v) is 4.09. The molecule has 16 heavy (non-hydrogen) atoms. The fourth-order valence-electron chi connectivity index (χ4n) is 2.06. The van der Waals surface area contributed by atoms with E-state index in [9.17, 15) is 13.2 Å². The molecule has 1 atom stereocenters. The maximum atomic E-state index is 13.7. The lowest BCUT2D eigenvalue weighted by Gasteiger charge is -2.38. The Kier molecular flexibility index (Phi) is 2.82. The second-order valence-electron chi connectivity index (χ2n) is 4.09. The minimum Gasteiger partial charge on any atom is -0.311 e. The van der Waals surface area contributed by atoms with Gasteiger partial charge in [0.25, 0.3) is 0 Å². The van der Waals surface area contributed by atoms with Gasteiger partial charge in [0.1, 0.15) is 0 Å². The highest BCUT2D eigenvalue weighted by Gasteiger charge is 2.44. The predicted molar refractivity (Wildman–Crippen MR) is 57.6 cm³/mol. The zero-order chi connectivity index (χ0) is 11.8. The van der Waals surface area contributed by atoms with Crippen molar-refractivity contribution in [3.63, 3.8) is 0 Å². The maximum Gasteiger partial charge on any atom is 0.356 e. The summed E-state index contributed by atoms with van der Waals surface area (Å²) in [4.78, 5) is 0.885. The monoisotopic (exact) mass is 229 g/mol. The van der Waals surface area contributed by atoms with Gasteiger partial charge >= 0.3 is 6.05 Å². The highest BCUT2D eigenvalue weighted by atomic mass is 19.3. The van der Waals surface area contributed by atoms with Gasteiger partial charge in [0.05, 0.1) is 0 Å². The minimum absolute atomic E-state index is 0.207. The molecule has 1 heterocycles. The molecule has 0 aliphatic carbocycles. The van der Waals surface area contributed by atoms with Crippen LogP contribution in [0.3, 0.4) is 0 Å². The van der Waals surface area contributed by atoms with Crippen LogP contribution in [0.15, 0.2) is 24.3 Å². The first-order valence-corrected chi connectivity index (χ1v) is 5.41. The lowest BCUT2D eigenvalue weighted by Crippen LogP contribution is -2.50. The van der Waals surface area contributed by atoms with Crippen molar-refractivity contribution in [2.24, 2.45) is 0 Å². The van der Waals surface area contributed by atoms with Crippen LogP contribution in [0.2, 0.25) is 0 Å². The molecular weight excluding hydrogens is 215 g/mol. The highest BCUT2D eigenvalue weighted by Crippen LogP contribution is 2.36. The Labute approximate surface area is 92.9 Å². The number of nitrogens with zero attached hydrogens (tertiary/aromatic N) is 1. The number of halogens is 3. The molecule has 1 aliphatic heterocycles. The van der Waals surface area contributed by atoms with Crippen LogP contribution >= 0.6 is 0 Å². The van der Waals surface area contributed by atoms with Gasteiger partial charge < -0.3 is 4.90 Å². The summed E-state index contributed by atoms with van der Waals surface area (Å²) in [5, 5.41) is 0. The van der Waals surface area contributed by atoms with Crippen molar-refractivity contribution in [2.75, 3.05) is 11.4 Å². The van der Waals surface area contributed by atoms with Crippen molar-refractivity contribution in [2.45, 2.75) is 32.0 Å². The Bertz CT molecular complexity index is 376. The van der Waals surface area contributed by atoms with Gasteiger partial charge in [-0.15, -0.1) is 0 Å². The van der Waals surface area contributed by atoms with Gasteiger partial charge in [-0.25, -0.2) is 4.39 Å². The van der Waals surface area contributed by atoms with Crippen LogP contribution in [-0.4, -0.2) is 18.8 Å². The largest absolute Gasteiger partial charge is 0.356 e. The molecule has 2 rings (SSSR count). The molecule has 0 aromatic heterocycles. The molecule has 1 aliphatic rings. The number of alkyl halides is 3. The van der Waals surface area contributed by atoms with E-state index in [-0.39, 0.29) is 6.54 Å². The van der Waals surface area contributed by atoms with E-state index in [1.807, 2.05) is 12.1 Å². The van der Waals surface area contributed by atoms with Crippen LogP contribution in [0.5, 0.6) is 0 Å². The number of rotatable bonds is 2. The fourth-order valence-corrected chi connectivity index (χ4v) is 2.06. The lowest BCUT2D eigenvalue weighted by atomic mass is 10.0. The van der Waals surface area contributed by atoms with Crippen molar-refractivity contribution >= 4 is 5.69 Å². The van der Waals surface area contributed by atoms with E-state index in [0.29, 0.717) is 12.1 Å². The molecule has 1 aromatic rings. The van der Waals surface area contributed by atoms with Crippen LogP contribution in [0, 0.1) is 0 Å². The zero-order valence-electron chi connectivity index (χ0n) is 9.09. The Morgan fingerprint density at radius 1 is 1.31 bits per heavy atom. The normalized spacial score (nSPS) is 18.1. The van der Waals surface area contributed by atoms with Gasteiger partial charge in [-0.3, -0.25) is 0 Å². The van der Waals surface area contributed by atoms with Crippen LogP contribution in [0.25, 0.3) is 0 Å². The third-order valence-electron chi connectivity index (χ3n) is 2.95. The van der Waals surface area contributed by atoms with E-state index in [4.69, 9.17) is 0 Å². The number of para-hydroxylation sites is 1. The molecule has 4 heteroatoms. The predicted octanol–water partition coefficient (Wildman–Crippen LogP) is 3.39. The molecule has 0 saturated heterocycles. The van der Waals surface area contributed by atoms with E-state index >= 15 is 0 Å². The van der Waals surface area contributed by atoms with Crippen molar-refractivity contribution in [3.05, 3.63) is 29.8 Å². The van der Waals surface area contributed by atoms with E-state index in [2.05, 4.69) is 0 Å². The van der Waals surface area contributed by atoms with Gasteiger partial charge in [-0.2, -0.15) is 8.78 Å². The van der Waals surface area contributed by atoms with Crippen LogP contribution < -0.4 is 4.90 Å². The fraction of sp³-hybridized carbons (Fsp3) is 0.500. The molecular formula is C12H14F3N. The molecule has 0 saturated carbocycles. The molecule has 1 aromatic carbocycles. The van der Waals surface area contributed by atoms with Crippen molar-refractivity contribution < 1.29 is 13.2 Å². The van der Waals surface area contributed by atoms with Crippen molar-refractivity contribution in [1.82, 2.24) is 0 Å². The number of hydrogen-bond acceptors (Lipinski definition) is 1. The van der Waals surface area contributed by atoms with Crippen molar-refractivity contribution in [3.8, 4) is 0 Å². The first kappa shape index (κ1) is 11.3. The highest BCUT2D eigenvalue weighted by molar-refractivity contribution is 5.56. The van der Waals surface area contributed by atoms with Gasteiger partial charge in [-0.05, 0) is 31.4 Å². The third-order valence-corrected chi connectivity index (χ3v) is 2.95. The average molecular weight is 229 g/mol. The van der Waals surface area contributed by atoms with Crippen LogP contribution in [0.4, 0.5) is 18.9 Å². The Hall–Kier alpha value is -1.19. The summed E-state index contributed by atoms with van der Waals surface area (Å²) in [6, 6.07) is 3.55. The number of hydrogen-bond donors (Lipinski definition) is 0. The quantitative estimate of drug-likeness (QED) is 0.702. The van der Waals surface area contributed by atoms with E-state index in [1.54, 1.807) is 12.1 Å². The summed E-state index contributed by atoms with van der Waals surface area (Å²) >= 11 is 0. The van der Waals surface area contributed by atoms with Gasteiger partial charge in [0, 0.05) is 12.2 Å². The van der Waals surface area contributed by atoms with Gasteiger partial charge in [-0.1, -0.05) is 18.2 Å². The minimum atomic E-state index is -3.42. The molecule has 1 nitrogen and oxygen atoms in total. The standard InChI is InChI=1S/C12H14F3N/c1-9(13)12(14,15)16-8-4-6-10-5-2-3-7-11(10)16/h2-3,5,7,9H,4,6,8H2,1H3. The average Bonchev–Trinajstić information content (AvgIpc) is 2.28. The Balaban J connectivity index is 2.39. The summed E-state index contributed by atoms with van der Waals surface area (Å²) in [7, 11) is 0. The second kappa shape index (κ2) is 4.00. The summed E-state index contributed by atoms with van der Waals surface area (Å²) in [6.07, 6.45) is -0.749. The molecule has 88 valence electrons. The maximum absolute atomic E-state index is 13.7. The third kappa shape index (κ3) is 1.77. The number of fused-ring (bicyclic) bond motifs is 1. The SMILES string of the molecule is CC(F)C(F)(F)N1CCCc2ccccc21. The van der Waals surface area contributed by atoms with Crippen LogP contribution in [0.1, 0.15) is 18.9 Å².